The van der Waals surface area contributed by atoms with Gasteiger partial charge in [0.25, 0.3) is 5.91 Å². The lowest BCUT2D eigenvalue weighted by Crippen LogP contribution is -2.48. The molecule has 0 atom stereocenters. The third-order valence-electron chi connectivity index (χ3n) is 4.56. The van der Waals surface area contributed by atoms with E-state index in [-0.39, 0.29) is 11.7 Å². The van der Waals surface area contributed by atoms with Crippen molar-refractivity contribution in [2.45, 2.75) is 0 Å². The summed E-state index contributed by atoms with van der Waals surface area (Å²) in [6.07, 6.45) is 3.55. The van der Waals surface area contributed by atoms with Crippen molar-refractivity contribution in [1.82, 2.24) is 14.9 Å². The molecule has 1 saturated heterocycles. The quantitative estimate of drug-likeness (QED) is 0.700. The molecule has 1 amide bonds. The van der Waals surface area contributed by atoms with E-state index < -0.39 is 0 Å². The zero-order valence-electron chi connectivity index (χ0n) is 14.0. The highest BCUT2D eigenvalue weighted by atomic mass is 79.9. The molecule has 3 aromatic rings. The van der Waals surface area contributed by atoms with Gasteiger partial charge in [0.15, 0.2) is 0 Å². The van der Waals surface area contributed by atoms with E-state index in [1.54, 1.807) is 35.5 Å². The first-order chi connectivity index (χ1) is 12.6. The number of halogens is 1. The molecular formula is C19H17BrN4O2. The summed E-state index contributed by atoms with van der Waals surface area (Å²) in [5.74, 6) is -0.112. The summed E-state index contributed by atoms with van der Waals surface area (Å²) in [6.45, 7) is 2.59. The molecule has 6 nitrogen and oxygen atoms in total. The predicted molar refractivity (Wildman–Crippen MR) is 103 cm³/mol. The van der Waals surface area contributed by atoms with Gasteiger partial charge >= 0.3 is 0 Å². The van der Waals surface area contributed by atoms with Crippen LogP contribution in [0.5, 0.6) is 5.75 Å². The first-order valence-corrected chi connectivity index (χ1v) is 9.15. The molecular weight excluding hydrogens is 396 g/mol. The largest absolute Gasteiger partial charge is 0.507 e. The molecule has 0 spiro atoms. The lowest BCUT2D eigenvalue weighted by Gasteiger charge is -2.36. The highest BCUT2D eigenvalue weighted by molar-refractivity contribution is 9.10. The lowest BCUT2D eigenvalue weighted by atomic mass is 10.1. The van der Waals surface area contributed by atoms with Crippen molar-refractivity contribution in [2.24, 2.45) is 0 Å². The number of fused-ring (bicyclic) bond motifs is 1. The zero-order valence-corrected chi connectivity index (χ0v) is 15.6. The number of nitrogens with zero attached hydrogens (tertiary/aromatic N) is 4. The Kier molecular flexibility index (Phi) is 4.46. The fourth-order valence-corrected chi connectivity index (χ4v) is 3.54. The van der Waals surface area contributed by atoms with Crippen LogP contribution in [0.4, 0.5) is 5.69 Å². The fourth-order valence-electron chi connectivity index (χ4n) is 3.22. The molecule has 1 aliphatic heterocycles. The number of para-hydroxylation sites is 1. The summed E-state index contributed by atoms with van der Waals surface area (Å²) in [5, 5.41) is 9.91. The average molecular weight is 413 g/mol. The number of benzene rings is 1. The first kappa shape index (κ1) is 16.8. The maximum absolute atomic E-state index is 12.6. The Balaban J connectivity index is 1.52. The summed E-state index contributed by atoms with van der Waals surface area (Å²) >= 11 is 3.42. The monoisotopic (exact) mass is 412 g/mol. The van der Waals surface area contributed by atoms with E-state index >= 15 is 0 Å². The normalized spacial score (nSPS) is 14.7. The molecule has 7 heteroatoms. The van der Waals surface area contributed by atoms with Gasteiger partial charge in [-0.3, -0.25) is 14.8 Å². The number of aromatic nitrogens is 2. The van der Waals surface area contributed by atoms with Crippen LogP contribution in [0.1, 0.15) is 10.4 Å². The van der Waals surface area contributed by atoms with Gasteiger partial charge in [0.2, 0.25) is 0 Å². The second-order valence-corrected chi connectivity index (χ2v) is 7.06. The Labute approximate surface area is 159 Å². The number of rotatable bonds is 2. The van der Waals surface area contributed by atoms with Crippen LogP contribution in [0, 0.1) is 0 Å². The average Bonchev–Trinajstić information content (AvgIpc) is 2.67. The van der Waals surface area contributed by atoms with Crippen LogP contribution in [0.3, 0.4) is 0 Å². The van der Waals surface area contributed by atoms with Crippen LogP contribution in [0.15, 0.2) is 53.3 Å². The number of carbonyl (C=O) groups is 1. The third-order valence-corrected chi connectivity index (χ3v) is 5.00. The number of piperazine rings is 1. The van der Waals surface area contributed by atoms with Gasteiger partial charge in [-0.2, -0.15) is 0 Å². The number of amides is 1. The molecule has 0 saturated carbocycles. The summed E-state index contributed by atoms with van der Waals surface area (Å²) in [7, 11) is 0. The highest BCUT2D eigenvalue weighted by Gasteiger charge is 2.24. The van der Waals surface area contributed by atoms with E-state index in [9.17, 15) is 9.90 Å². The van der Waals surface area contributed by atoms with Crippen molar-refractivity contribution in [3.05, 3.63) is 58.8 Å². The third kappa shape index (κ3) is 3.10. The minimum absolute atomic E-state index is 0.0230. The SMILES string of the molecule is O=C(c1ccccc1O)N1CCN(c2ccnc3cc(Br)cnc23)CC1. The van der Waals surface area contributed by atoms with E-state index in [2.05, 4.69) is 30.8 Å². The Bertz CT molecular complexity index is 971. The van der Waals surface area contributed by atoms with Crippen LogP contribution in [-0.2, 0) is 0 Å². The molecule has 132 valence electrons. The summed E-state index contributed by atoms with van der Waals surface area (Å²) in [6, 6.07) is 10.6. The van der Waals surface area contributed by atoms with Gasteiger partial charge in [-0.15, -0.1) is 0 Å². The molecule has 0 radical (unpaired) electrons. The highest BCUT2D eigenvalue weighted by Crippen LogP contribution is 2.27. The smallest absolute Gasteiger partial charge is 0.257 e. The van der Waals surface area contributed by atoms with E-state index in [1.807, 2.05) is 12.1 Å². The van der Waals surface area contributed by atoms with Crippen LogP contribution in [0.25, 0.3) is 11.0 Å². The number of phenols is 1. The molecule has 1 aromatic carbocycles. The molecule has 2 aromatic heterocycles. The van der Waals surface area contributed by atoms with Gasteiger partial charge in [0, 0.05) is 43.0 Å². The number of aromatic hydroxyl groups is 1. The Morgan fingerprint density at radius 1 is 1.08 bits per heavy atom. The summed E-state index contributed by atoms with van der Waals surface area (Å²) < 4.78 is 0.896. The molecule has 26 heavy (non-hydrogen) atoms. The number of pyridine rings is 2. The molecule has 1 N–H and O–H groups in total. The minimum atomic E-state index is -0.135. The van der Waals surface area contributed by atoms with Gasteiger partial charge in [0.1, 0.15) is 11.3 Å². The van der Waals surface area contributed by atoms with Gasteiger partial charge in [-0.25, -0.2) is 0 Å². The predicted octanol–water partition coefficient (Wildman–Crippen LogP) is 3.06. The molecule has 3 heterocycles. The van der Waals surface area contributed by atoms with Gasteiger partial charge < -0.3 is 14.9 Å². The van der Waals surface area contributed by atoms with Crippen molar-refractivity contribution in [2.75, 3.05) is 31.1 Å². The molecule has 4 rings (SSSR count). The Morgan fingerprint density at radius 2 is 1.85 bits per heavy atom. The molecule has 0 aliphatic carbocycles. The second-order valence-electron chi connectivity index (χ2n) is 6.15. The van der Waals surface area contributed by atoms with Crippen molar-refractivity contribution >= 4 is 38.6 Å². The molecule has 1 aliphatic rings. The molecule has 0 unspecified atom stereocenters. The number of carbonyl (C=O) groups excluding carboxylic acids is 1. The zero-order chi connectivity index (χ0) is 18.1. The van der Waals surface area contributed by atoms with E-state index in [0.717, 1.165) is 21.2 Å². The minimum Gasteiger partial charge on any atom is -0.507 e. The second kappa shape index (κ2) is 6.92. The summed E-state index contributed by atoms with van der Waals surface area (Å²) in [4.78, 5) is 25.5. The van der Waals surface area contributed by atoms with Crippen molar-refractivity contribution in [3.63, 3.8) is 0 Å². The molecule has 0 bridgehead atoms. The number of hydrogen-bond acceptors (Lipinski definition) is 5. The summed E-state index contributed by atoms with van der Waals surface area (Å²) in [5.41, 5.74) is 3.07. The van der Waals surface area contributed by atoms with Crippen molar-refractivity contribution in [3.8, 4) is 5.75 Å². The molecule has 1 fully saturated rings. The van der Waals surface area contributed by atoms with Crippen LogP contribution in [0.2, 0.25) is 0 Å². The van der Waals surface area contributed by atoms with Gasteiger partial charge in [-0.1, -0.05) is 12.1 Å². The van der Waals surface area contributed by atoms with Crippen molar-refractivity contribution < 1.29 is 9.90 Å². The maximum Gasteiger partial charge on any atom is 0.257 e. The standard InChI is InChI=1S/C19H17BrN4O2/c20-13-11-15-18(22-12-13)16(5-6-21-15)23-7-9-24(10-8-23)19(26)14-3-1-2-4-17(14)25/h1-6,11-12,25H,7-10H2. The fraction of sp³-hybridized carbons (Fsp3) is 0.211. The Morgan fingerprint density at radius 3 is 2.62 bits per heavy atom. The topological polar surface area (TPSA) is 69.6 Å². The van der Waals surface area contributed by atoms with Gasteiger partial charge in [0.05, 0.1) is 16.8 Å². The maximum atomic E-state index is 12.6. The first-order valence-electron chi connectivity index (χ1n) is 8.36. The lowest BCUT2D eigenvalue weighted by molar-refractivity contribution is 0.0744. The number of phenolic OH excluding ortho intramolecular Hbond substituents is 1. The van der Waals surface area contributed by atoms with Gasteiger partial charge in [-0.05, 0) is 40.2 Å². The van der Waals surface area contributed by atoms with E-state index in [1.165, 1.54) is 6.07 Å². The number of hydrogen-bond donors (Lipinski definition) is 1. The van der Waals surface area contributed by atoms with E-state index in [0.29, 0.717) is 31.7 Å². The number of anilines is 1. The van der Waals surface area contributed by atoms with Crippen LogP contribution in [-0.4, -0.2) is 52.1 Å². The van der Waals surface area contributed by atoms with E-state index in [4.69, 9.17) is 0 Å². The van der Waals surface area contributed by atoms with Crippen LogP contribution >= 0.6 is 15.9 Å². The van der Waals surface area contributed by atoms with Crippen LogP contribution < -0.4 is 4.90 Å². The van der Waals surface area contributed by atoms with Crippen molar-refractivity contribution in [1.29, 1.82) is 0 Å². The Hall–Kier alpha value is -2.67.